The van der Waals surface area contributed by atoms with Crippen molar-refractivity contribution in [2.24, 2.45) is 0 Å². The van der Waals surface area contributed by atoms with E-state index in [-0.39, 0.29) is 18.6 Å². The van der Waals surface area contributed by atoms with Gasteiger partial charge in [0, 0.05) is 13.2 Å². The van der Waals surface area contributed by atoms with Crippen LogP contribution >= 0.6 is 0 Å². The van der Waals surface area contributed by atoms with Gasteiger partial charge in [-0.1, -0.05) is 13.8 Å². The molecular weight excluding hydrogens is 207 g/mol. The van der Waals surface area contributed by atoms with Gasteiger partial charge in [0.15, 0.2) is 0 Å². The van der Waals surface area contributed by atoms with Gasteiger partial charge in [0.05, 0.1) is 0 Å². The summed E-state index contributed by atoms with van der Waals surface area (Å²) in [5.74, 6) is 0. The summed E-state index contributed by atoms with van der Waals surface area (Å²) >= 11 is 0. The van der Waals surface area contributed by atoms with Crippen LogP contribution in [0.3, 0.4) is 0 Å². The molecule has 0 aliphatic carbocycles. The molecule has 4 nitrogen and oxygen atoms in total. The largest absolute Gasteiger partial charge is 2.00 e. The number of hydroxylamine groups is 2. The van der Waals surface area contributed by atoms with E-state index in [0.29, 0.717) is 13.2 Å². The first-order valence-electron chi connectivity index (χ1n) is 4.40. The van der Waals surface area contributed by atoms with Crippen molar-refractivity contribution in [2.45, 2.75) is 27.7 Å². The first-order valence-corrected chi connectivity index (χ1v) is 4.40. The molecule has 0 aliphatic heterocycles. The van der Waals surface area contributed by atoms with E-state index in [0.717, 1.165) is 13.1 Å². The normalized spacial score (nSPS) is 8.31. The molecule has 0 heterocycles. The van der Waals surface area contributed by atoms with Crippen LogP contribution in [0, 0.1) is 0 Å². The summed E-state index contributed by atoms with van der Waals surface area (Å²) in [5.41, 5.74) is 7.18. The molecule has 0 unspecified atom stereocenters. The number of hydrogen-bond acceptors (Lipinski definition) is 2. The standard InChI is InChI=1S/2C4H10NO.V/c2*1-3-5-6-4-2;/h2*3-4H2,1-2H3;/q2*-1;+2. The first-order chi connectivity index (χ1) is 5.83. The maximum atomic E-state index is 4.61. The smallest absolute Gasteiger partial charge is 0.534 e. The summed E-state index contributed by atoms with van der Waals surface area (Å²) in [6.45, 7) is 10.6. The molecule has 0 aliphatic rings. The van der Waals surface area contributed by atoms with Crippen LogP contribution in [-0.2, 0) is 28.2 Å². The van der Waals surface area contributed by atoms with E-state index in [9.17, 15) is 0 Å². The van der Waals surface area contributed by atoms with E-state index in [1.165, 1.54) is 0 Å². The van der Waals surface area contributed by atoms with Gasteiger partial charge in [-0.2, -0.15) is 0 Å². The maximum Gasteiger partial charge on any atom is 2.00 e. The molecule has 0 aromatic rings. The van der Waals surface area contributed by atoms with Crippen molar-refractivity contribution in [3.8, 4) is 0 Å². The van der Waals surface area contributed by atoms with E-state index in [1.807, 2.05) is 27.7 Å². The van der Waals surface area contributed by atoms with Crippen molar-refractivity contribution in [2.75, 3.05) is 26.3 Å². The Morgan fingerprint density at radius 1 is 0.769 bits per heavy atom. The minimum absolute atomic E-state index is 0. The molecule has 0 aromatic carbocycles. The summed E-state index contributed by atoms with van der Waals surface area (Å²) in [4.78, 5) is 9.22. The first kappa shape index (κ1) is 19.1. The van der Waals surface area contributed by atoms with Gasteiger partial charge in [0.25, 0.3) is 0 Å². The molecule has 0 spiro atoms. The predicted octanol–water partition coefficient (Wildman–Crippen LogP) is 2.66. The molecule has 5 heteroatoms. The molecule has 1 radical (unpaired) electrons. The van der Waals surface area contributed by atoms with Gasteiger partial charge in [-0.05, 0) is 13.8 Å². The van der Waals surface area contributed by atoms with Crippen LogP contribution in [0.15, 0.2) is 0 Å². The van der Waals surface area contributed by atoms with Gasteiger partial charge in [-0.25, -0.2) is 0 Å². The van der Waals surface area contributed by atoms with Gasteiger partial charge in [0.2, 0.25) is 0 Å². The van der Waals surface area contributed by atoms with Crippen LogP contribution in [0.4, 0.5) is 0 Å². The maximum absolute atomic E-state index is 4.61. The Kier molecular flexibility index (Phi) is 33.5. The Labute approximate surface area is 93.5 Å². The fourth-order valence-corrected chi connectivity index (χ4v) is 0.365. The molecule has 0 atom stereocenters. The zero-order valence-corrected chi connectivity index (χ0v) is 10.4. The minimum atomic E-state index is 0. The zero-order chi connectivity index (χ0) is 9.66. The summed E-state index contributed by atoms with van der Waals surface area (Å²) in [7, 11) is 0. The van der Waals surface area contributed by atoms with Crippen LogP contribution in [0.25, 0.3) is 11.0 Å². The van der Waals surface area contributed by atoms with Gasteiger partial charge in [-0.3, -0.25) is 0 Å². The summed E-state index contributed by atoms with van der Waals surface area (Å²) in [5, 5.41) is 0. The molecule has 0 amide bonds. The minimum Gasteiger partial charge on any atom is -0.534 e. The van der Waals surface area contributed by atoms with Gasteiger partial charge >= 0.3 is 18.6 Å². The van der Waals surface area contributed by atoms with E-state index < -0.39 is 0 Å². The van der Waals surface area contributed by atoms with Crippen molar-refractivity contribution >= 4 is 0 Å². The van der Waals surface area contributed by atoms with Crippen LogP contribution in [0.2, 0.25) is 0 Å². The predicted molar refractivity (Wildman–Crippen MR) is 51.1 cm³/mol. The van der Waals surface area contributed by atoms with E-state index in [2.05, 4.69) is 20.6 Å². The van der Waals surface area contributed by atoms with Gasteiger partial charge in [-0.15, -0.1) is 13.1 Å². The van der Waals surface area contributed by atoms with Crippen molar-refractivity contribution in [3.05, 3.63) is 11.0 Å². The summed E-state index contributed by atoms with van der Waals surface area (Å²) < 4.78 is 0. The third-order valence-electron chi connectivity index (χ3n) is 0.699. The molecule has 0 fully saturated rings. The molecule has 0 bridgehead atoms. The van der Waals surface area contributed by atoms with Crippen LogP contribution in [-0.4, -0.2) is 26.3 Å². The second kappa shape index (κ2) is 22.8. The Hall–Kier alpha value is 0.424. The molecule has 0 saturated heterocycles. The molecule has 0 rings (SSSR count). The third-order valence-corrected chi connectivity index (χ3v) is 0.699. The Balaban J connectivity index is -0.000000143. The fourth-order valence-electron chi connectivity index (χ4n) is 0.365. The summed E-state index contributed by atoms with van der Waals surface area (Å²) in [6.07, 6.45) is 0. The Bertz CT molecular complexity index is 52.1. The average molecular weight is 227 g/mol. The average Bonchev–Trinajstić information content (AvgIpc) is 2.12. The SMILES string of the molecule is CC[N-]OCC.CC[N-]OCC.[V+2]. The third kappa shape index (κ3) is 32.7. The molecule has 0 N–H and O–H groups in total. The van der Waals surface area contributed by atoms with Crippen LogP contribution in [0.5, 0.6) is 0 Å². The van der Waals surface area contributed by atoms with Crippen LogP contribution < -0.4 is 0 Å². The van der Waals surface area contributed by atoms with Crippen molar-refractivity contribution in [3.63, 3.8) is 0 Å². The van der Waals surface area contributed by atoms with Crippen molar-refractivity contribution in [1.82, 2.24) is 0 Å². The molecule has 0 aromatic heterocycles. The fraction of sp³-hybridized carbons (Fsp3) is 1.00. The van der Waals surface area contributed by atoms with E-state index in [4.69, 9.17) is 0 Å². The molecule has 79 valence electrons. The number of hydrogen-bond donors (Lipinski definition) is 0. The van der Waals surface area contributed by atoms with Gasteiger partial charge in [0.1, 0.15) is 0 Å². The Morgan fingerprint density at radius 3 is 1.15 bits per heavy atom. The summed E-state index contributed by atoms with van der Waals surface area (Å²) in [6, 6.07) is 0. The number of rotatable bonds is 6. The monoisotopic (exact) mass is 227 g/mol. The van der Waals surface area contributed by atoms with Crippen molar-refractivity contribution in [1.29, 1.82) is 0 Å². The second-order valence-corrected chi connectivity index (χ2v) is 1.73. The van der Waals surface area contributed by atoms with Crippen molar-refractivity contribution < 1.29 is 28.2 Å². The van der Waals surface area contributed by atoms with E-state index in [1.54, 1.807) is 0 Å². The second-order valence-electron chi connectivity index (χ2n) is 1.73. The molecular formula is C8H20N2O2V. The number of nitrogens with zero attached hydrogens (tertiary/aromatic N) is 2. The van der Waals surface area contributed by atoms with Gasteiger partial charge < -0.3 is 20.6 Å². The van der Waals surface area contributed by atoms with Crippen LogP contribution in [0.1, 0.15) is 27.7 Å². The molecule has 0 saturated carbocycles. The Morgan fingerprint density at radius 2 is 1.08 bits per heavy atom. The molecule has 13 heavy (non-hydrogen) atoms. The zero-order valence-electron chi connectivity index (χ0n) is 8.99. The quantitative estimate of drug-likeness (QED) is 0.517. The van der Waals surface area contributed by atoms with E-state index >= 15 is 0 Å². The topological polar surface area (TPSA) is 46.7 Å².